The van der Waals surface area contributed by atoms with Crippen molar-refractivity contribution in [2.24, 2.45) is 0 Å². The average molecular weight is 304 g/mol. The molecule has 0 atom stereocenters. The van der Waals surface area contributed by atoms with Crippen LogP contribution in [0.25, 0.3) is 0 Å². The summed E-state index contributed by atoms with van der Waals surface area (Å²) < 4.78 is 25.0. The van der Waals surface area contributed by atoms with Crippen LogP contribution in [0.5, 0.6) is 0 Å². The smallest absolute Gasteiger partial charge is 0.222 e. The fourth-order valence-corrected chi connectivity index (χ4v) is 4.07. The van der Waals surface area contributed by atoms with Crippen molar-refractivity contribution in [2.75, 3.05) is 25.9 Å². The second-order valence-corrected chi connectivity index (χ2v) is 7.47. The molecule has 118 valence electrons. The summed E-state index contributed by atoms with van der Waals surface area (Å²) >= 11 is 0. The van der Waals surface area contributed by atoms with Crippen LogP contribution in [0.3, 0.4) is 0 Å². The Morgan fingerprint density at radius 2 is 1.80 bits per heavy atom. The monoisotopic (exact) mass is 304 g/mol. The van der Waals surface area contributed by atoms with Gasteiger partial charge in [-0.3, -0.25) is 4.79 Å². The first-order chi connectivity index (χ1) is 9.40. The van der Waals surface area contributed by atoms with Crippen LogP contribution in [0.4, 0.5) is 0 Å². The van der Waals surface area contributed by atoms with Gasteiger partial charge in [0.05, 0.1) is 6.26 Å². The first kappa shape index (κ1) is 17.4. The van der Waals surface area contributed by atoms with Crippen LogP contribution in [-0.2, 0) is 14.8 Å². The zero-order valence-electron chi connectivity index (χ0n) is 13.0. The fraction of sp³-hybridized carbons (Fsp3) is 0.929. The zero-order valence-corrected chi connectivity index (χ0v) is 13.8. The summed E-state index contributed by atoms with van der Waals surface area (Å²) in [6.07, 6.45) is 6.57. The van der Waals surface area contributed by atoms with E-state index in [1.165, 1.54) is 6.26 Å². The molecule has 0 aliphatic carbocycles. The van der Waals surface area contributed by atoms with Gasteiger partial charge in [0.2, 0.25) is 15.9 Å². The average Bonchev–Trinajstić information content (AvgIpc) is 2.39. The highest BCUT2D eigenvalue weighted by Gasteiger charge is 2.30. The molecule has 1 heterocycles. The number of piperidine rings is 1. The minimum Gasteiger partial charge on any atom is -0.343 e. The number of hydrogen-bond donors (Lipinski definition) is 0. The molecule has 0 radical (unpaired) electrons. The van der Waals surface area contributed by atoms with Gasteiger partial charge in [0.25, 0.3) is 0 Å². The van der Waals surface area contributed by atoms with Crippen LogP contribution in [-0.4, -0.2) is 55.5 Å². The number of unbranched alkanes of at least 4 members (excludes halogenated alkanes) is 2. The van der Waals surface area contributed by atoms with Gasteiger partial charge in [-0.05, 0) is 19.3 Å². The Morgan fingerprint density at radius 1 is 1.20 bits per heavy atom. The molecule has 1 saturated heterocycles. The second kappa shape index (κ2) is 7.98. The van der Waals surface area contributed by atoms with Crippen molar-refractivity contribution in [2.45, 2.75) is 58.4 Å². The first-order valence-electron chi connectivity index (χ1n) is 7.64. The van der Waals surface area contributed by atoms with E-state index in [2.05, 4.69) is 6.92 Å². The molecule has 0 unspecified atom stereocenters. The van der Waals surface area contributed by atoms with Gasteiger partial charge in [0.15, 0.2) is 0 Å². The van der Waals surface area contributed by atoms with Crippen LogP contribution >= 0.6 is 0 Å². The minimum absolute atomic E-state index is 0.0506. The van der Waals surface area contributed by atoms with Gasteiger partial charge < -0.3 is 4.90 Å². The normalized spacial score (nSPS) is 17.7. The summed E-state index contributed by atoms with van der Waals surface area (Å²) in [5.74, 6) is 0.222. The Balaban J connectivity index is 2.45. The van der Waals surface area contributed by atoms with Crippen LogP contribution in [0.15, 0.2) is 0 Å². The number of carbonyl (C=O) groups excluding carboxylic acids is 1. The number of rotatable bonds is 7. The molecule has 20 heavy (non-hydrogen) atoms. The molecule has 0 aromatic rings. The lowest BCUT2D eigenvalue weighted by Crippen LogP contribution is -2.48. The van der Waals surface area contributed by atoms with E-state index in [0.717, 1.165) is 32.1 Å². The predicted octanol–water partition coefficient (Wildman–Crippen LogP) is 1.84. The lowest BCUT2D eigenvalue weighted by molar-refractivity contribution is -0.132. The minimum atomic E-state index is -3.14. The third kappa shape index (κ3) is 5.05. The van der Waals surface area contributed by atoms with E-state index in [1.54, 1.807) is 4.31 Å². The number of nitrogens with zero attached hydrogens (tertiary/aromatic N) is 2. The molecule has 0 N–H and O–H groups in total. The maximum atomic E-state index is 12.0. The molecule has 5 nitrogen and oxygen atoms in total. The highest BCUT2D eigenvalue weighted by atomic mass is 32.2. The highest BCUT2D eigenvalue weighted by Crippen LogP contribution is 2.19. The van der Waals surface area contributed by atoms with Crippen molar-refractivity contribution >= 4 is 15.9 Å². The molecule has 1 rings (SSSR count). The number of amides is 1. The number of likely N-dealkylation sites (tertiary alicyclic amines) is 1. The molecule has 1 amide bonds. The summed E-state index contributed by atoms with van der Waals surface area (Å²) in [5.41, 5.74) is 0. The van der Waals surface area contributed by atoms with Crippen LogP contribution in [0, 0.1) is 0 Å². The molecule has 1 fully saturated rings. The maximum absolute atomic E-state index is 12.0. The lowest BCUT2D eigenvalue weighted by atomic mass is 10.0. The third-order valence-corrected chi connectivity index (χ3v) is 5.36. The molecule has 0 bridgehead atoms. The molecule has 0 spiro atoms. The maximum Gasteiger partial charge on any atom is 0.222 e. The molecule has 0 saturated carbocycles. The van der Waals surface area contributed by atoms with Gasteiger partial charge >= 0.3 is 0 Å². The molecule has 1 aliphatic rings. The van der Waals surface area contributed by atoms with Crippen LogP contribution < -0.4 is 0 Å². The van der Waals surface area contributed by atoms with Crippen molar-refractivity contribution in [3.8, 4) is 0 Å². The number of sulfonamides is 1. The third-order valence-electron chi connectivity index (χ3n) is 3.96. The van der Waals surface area contributed by atoms with E-state index in [0.29, 0.717) is 26.1 Å². The van der Waals surface area contributed by atoms with E-state index in [1.807, 2.05) is 11.8 Å². The summed E-state index contributed by atoms with van der Waals surface area (Å²) in [6.45, 7) is 5.86. The topological polar surface area (TPSA) is 57.7 Å². The Hall–Kier alpha value is -0.620. The van der Waals surface area contributed by atoms with Crippen molar-refractivity contribution in [3.63, 3.8) is 0 Å². The Morgan fingerprint density at radius 3 is 2.25 bits per heavy atom. The quantitative estimate of drug-likeness (QED) is 0.674. The van der Waals surface area contributed by atoms with Gasteiger partial charge in [0.1, 0.15) is 0 Å². The lowest BCUT2D eigenvalue weighted by Gasteiger charge is -2.37. The Kier molecular flexibility index (Phi) is 6.95. The molecule has 6 heteroatoms. The van der Waals surface area contributed by atoms with Crippen LogP contribution in [0.1, 0.15) is 52.4 Å². The van der Waals surface area contributed by atoms with Gasteiger partial charge in [-0.2, -0.15) is 4.31 Å². The van der Waals surface area contributed by atoms with Crippen molar-refractivity contribution in [3.05, 3.63) is 0 Å². The second-order valence-electron chi connectivity index (χ2n) is 5.54. The molecule has 1 aliphatic heterocycles. The largest absolute Gasteiger partial charge is 0.343 e. The summed E-state index contributed by atoms with van der Waals surface area (Å²) in [5, 5.41) is 0. The van der Waals surface area contributed by atoms with Gasteiger partial charge in [-0.1, -0.05) is 26.7 Å². The summed E-state index contributed by atoms with van der Waals surface area (Å²) in [6, 6.07) is 0.0506. The Bertz CT molecular complexity index is 401. The Labute approximate surface area is 123 Å². The number of hydrogen-bond acceptors (Lipinski definition) is 3. The standard InChI is InChI=1S/C14H28N2O3S/c1-4-6-7-8-14(17)15-11-9-13(10-12-15)16(5-2)20(3,18)19/h13H,4-12H2,1-3H3. The highest BCUT2D eigenvalue weighted by molar-refractivity contribution is 7.88. The van der Waals surface area contributed by atoms with Gasteiger partial charge in [0, 0.05) is 32.1 Å². The number of carbonyl (C=O) groups is 1. The summed E-state index contributed by atoms with van der Waals surface area (Å²) in [7, 11) is -3.14. The summed E-state index contributed by atoms with van der Waals surface area (Å²) in [4.78, 5) is 13.9. The molecule has 0 aromatic heterocycles. The van der Waals surface area contributed by atoms with Crippen molar-refractivity contribution in [1.82, 2.24) is 9.21 Å². The van der Waals surface area contributed by atoms with E-state index in [4.69, 9.17) is 0 Å². The molecular formula is C14H28N2O3S. The SMILES string of the molecule is CCCCCC(=O)N1CCC(N(CC)S(C)(=O)=O)CC1. The van der Waals surface area contributed by atoms with Crippen molar-refractivity contribution < 1.29 is 13.2 Å². The van der Waals surface area contributed by atoms with Crippen molar-refractivity contribution in [1.29, 1.82) is 0 Å². The molecule has 0 aromatic carbocycles. The van der Waals surface area contributed by atoms with E-state index in [-0.39, 0.29) is 11.9 Å². The van der Waals surface area contributed by atoms with E-state index >= 15 is 0 Å². The first-order valence-corrected chi connectivity index (χ1v) is 9.49. The van der Waals surface area contributed by atoms with Gasteiger partial charge in [-0.25, -0.2) is 8.42 Å². The molecular weight excluding hydrogens is 276 g/mol. The fourth-order valence-electron chi connectivity index (χ4n) is 2.85. The zero-order chi connectivity index (χ0) is 15.2. The van der Waals surface area contributed by atoms with Gasteiger partial charge in [-0.15, -0.1) is 0 Å². The predicted molar refractivity (Wildman–Crippen MR) is 81.0 cm³/mol. The van der Waals surface area contributed by atoms with E-state index < -0.39 is 10.0 Å². The van der Waals surface area contributed by atoms with E-state index in [9.17, 15) is 13.2 Å². The van der Waals surface area contributed by atoms with Crippen LogP contribution in [0.2, 0.25) is 0 Å².